The highest BCUT2D eigenvalue weighted by Gasteiger charge is 2.32. The van der Waals surface area contributed by atoms with Crippen LogP contribution in [0.4, 0.5) is 0 Å². The summed E-state index contributed by atoms with van der Waals surface area (Å²) in [6.07, 6.45) is 3.04. The van der Waals surface area contributed by atoms with Crippen LogP contribution in [0.2, 0.25) is 0 Å². The first kappa shape index (κ1) is 29.6. The molecular weight excluding hydrogens is 458 g/mol. The van der Waals surface area contributed by atoms with Gasteiger partial charge < -0.3 is 37.5 Å². The summed E-state index contributed by atoms with van der Waals surface area (Å²) in [4.78, 5) is 68.3. The van der Waals surface area contributed by atoms with Gasteiger partial charge in [-0.3, -0.25) is 19.2 Å². The zero-order valence-electron chi connectivity index (χ0n) is 20.5. The molecule has 9 N–H and O–H groups in total. The number of amides is 4. The van der Waals surface area contributed by atoms with Crippen LogP contribution in [0.25, 0.3) is 0 Å². The van der Waals surface area contributed by atoms with E-state index in [9.17, 15) is 29.1 Å². The molecule has 0 fully saturated rings. The van der Waals surface area contributed by atoms with Gasteiger partial charge in [0, 0.05) is 24.7 Å². The summed E-state index contributed by atoms with van der Waals surface area (Å²) >= 11 is 0. The number of nitrogens with zero attached hydrogens (tertiary/aromatic N) is 1. The average molecular weight is 496 g/mol. The Hall–Kier alpha value is -3.48. The van der Waals surface area contributed by atoms with Gasteiger partial charge in [0.25, 0.3) is 0 Å². The van der Waals surface area contributed by atoms with Crippen molar-refractivity contribution in [1.29, 1.82) is 0 Å². The maximum Gasteiger partial charge on any atom is 0.326 e. The third kappa shape index (κ3) is 9.73. The van der Waals surface area contributed by atoms with Gasteiger partial charge in [0.1, 0.15) is 18.1 Å². The van der Waals surface area contributed by atoms with E-state index in [1.165, 1.54) is 12.5 Å². The number of rotatable bonds is 15. The molecule has 0 aliphatic heterocycles. The van der Waals surface area contributed by atoms with Crippen molar-refractivity contribution in [2.24, 2.45) is 23.3 Å². The predicted molar refractivity (Wildman–Crippen MR) is 126 cm³/mol. The molecule has 0 saturated carbocycles. The van der Waals surface area contributed by atoms with E-state index in [4.69, 9.17) is 11.5 Å². The van der Waals surface area contributed by atoms with E-state index in [0.717, 1.165) is 0 Å². The first-order chi connectivity index (χ1) is 16.4. The number of carboxylic acids is 1. The second-order valence-electron chi connectivity index (χ2n) is 8.89. The first-order valence-corrected chi connectivity index (χ1v) is 11.5. The minimum Gasteiger partial charge on any atom is -0.480 e. The fourth-order valence-corrected chi connectivity index (χ4v) is 3.16. The summed E-state index contributed by atoms with van der Waals surface area (Å²) in [5.41, 5.74) is 11.6. The third-order valence-electron chi connectivity index (χ3n) is 5.72. The SMILES string of the molecule is CCC(C)C(NC(=O)C(Cc1cnc[nH]1)NC(=O)C(CCC(N)=O)NC(=O)C(N)C(C)C)C(=O)O. The number of nitrogens with two attached hydrogens (primary N) is 2. The molecule has 0 bridgehead atoms. The highest BCUT2D eigenvalue weighted by Crippen LogP contribution is 2.10. The molecule has 1 rings (SSSR count). The van der Waals surface area contributed by atoms with Gasteiger partial charge in [0.15, 0.2) is 0 Å². The van der Waals surface area contributed by atoms with Crippen LogP contribution in [-0.4, -0.2) is 68.8 Å². The summed E-state index contributed by atoms with van der Waals surface area (Å²) in [7, 11) is 0. The lowest BCUT2D eigenvalue weighted by molar-refractivity contribution is -0.143. The van der Waals surface area contributed by atoms with Gasteiger partial charge in [-0.15, -0.1) is 0 Å². The molecule has 0 aliphatic carbocycles. The van der Waals surface area contributed by atoms with Crippen molar-refractivity contribution in [2.75, 3.05) is 0 Å². The Kier molecular flexibility index (Phi) is 11.9. The molecule has 0 aliphatic rings. The number of carbonyl (C=O) groups is 5. The molecule has 0 aromatic carbocycles. The fraction of sp³-hybridized carbons (Fsp3) is 0.636. The maximum absolute atomic E-state index is 13.1. The number of carbonyl (C=O) groups excluding carboxylic acids is 4. The van der Waals surface area contributed by atoms with Gasteiger partial charge >= 0.3 is 5.97 Å². The molecule has 0 saturated heterocycles. The minimum atomic E-state index is -1.20. The van der Waals surface area contributed by atoms with Crippen LogP contribution in [0.5, 0.6) is 0 Å². The van der Waals surface area contributed by atoms with Crippen molar-refractivity contribution >= 4 is 29.6 Å². The maximum atomic E-state index is 13.1. The molecule has 13 nitrogen and oxygen atoms in total. The van der Waals surface area contributed by atoms with Gasteiger partial charge in [0.2, 0.25) is 23.6 Å². The number of aromatic amines is 1. The van der Waals surface area contributed by atoms with Gasteiger partial charge in [-0.2, -0.15) is 0 Å². The van der Waals surface area contributed by atoms with Gasteiger partial charge in [-0.05, 0) is 18.3 Å². The number of hydrogen-bond acceptors (Lipinski definition) is 7. The molecule has 0 radical (unpaired) electrons. The largest absolute Gasteiger partial charge is 0.480 e. The number of hydrogen-bond donors (Lipinski definition) is 7. The Labute approximate surface area is 204 Å². The van der Waals surface area contributed by atoms with Gasteiger partial charge in [-0.25, -0.2) is 9.78 Å². The lowest BCUT2D eigenvalue weighted by Crippen LogP contribution is -2.58. The van der Waals surface area contributed by atoms with Crippen LogP contribution in [-0.2, 0) is 30.4 Å². The van der Waals surface area contributed by atoms with Crippen molar-refractivity contribution in [3.63, 3.8) is 0 Å². The molecule has 5 atom stereocenters. The average Bonchev–Trinajstić information content (AvgIpc) is 3.30. The quantitative estimate of drug-likeness (QED) is 0.156. The second kappa shape index (κ2) is 14.0. The monoisotopic (exact) mass is 495 g/mol. The highest BCUT2D eigenvalue weighted by atomic mass is 16.4. The number of carboxylic acid groups (broad SMARTS) is 1. The first-order valence-electron chi connectivity index (χ1n) is 11.5. The topological polar surface area (TPSA) is 222 Å². The molecule has 1 heterocycles. The summed E-state index contributed by atoms with van der Waals surface area (Å²) in [5, 5.41) is 17.1. The zero-order valence-corrected chi connectivity index (χ0v) is 20.5. The standard InChI is InChI=1S/C22H37N7O6/c1-5-12(4)18(22(34)35)29-20(32)15(8-13-9-25-10-26-13)28-19(31)14(6-7-16(23)30)27-21(33)17(24)11(2)3/h9-12,14-15,17-18H,5-8,24H2,1-4H3,(H2,23,30)(H,25,26)(H,27,33)(H,28,31)(H,29,32)(H,34,35). The van der Waals surface area contributed by atoms with E-state index in [1.807, 2.05) is 0 Å². The lowest BCUT2D eigenvalue weighted by atomic mass is 9.98. The molecule has 196 valence electrons. The molecule has 4 amide bonds. The number of nitrogens with one attached hydrogen (secondary N) is 4. The van der Waals surface area contributed by atoms with Crippen LogP contribution in [0.1, 0.15) is 52.7 Å². The summed E-state index contributed by atoms with van der Waals surface area (Å²) < 4.78 is 0. The van der Waals surface area contributed by atoms with Gasteiger partial charge in [-0.1, -0.05) is 34.1 Å². The molecule has 5 unspecified atom stereocenters. The van der Waals surface area contributed by atoms with Crippen LogP contribution < -0.4 is 27.4 Å². The molecule has 1 aromatic rings. The predicted octanol–water partition coefficient (Wildman–Crippen LogP) is -1.21. The fourth-order valence-electron chi connectivity index (χ4n) is 3.16. The van der Waals surface area contributed by atoms with Crippen LogP contribution in [0.15, 0.2) is 12.5 Å². The summed E-state index contributed by atoms with van der Waals surface area (Å²) in [6, 6.07) is -4.44. The normalized spacial score (nSPS) is 15.4. The number of primary amides is 1. The summed E-state index contributed by atoms with van der Waals surface area (Å²) in [5.74, 6) is -4.50. The highest BCUT2D eigenvalue weighted by molar-refractivity contribution is 5.94. The zero-order chi connectivity index (χ0) is 26.7. The van der Waals surface area contributed by atoms with E-state index >= 15 is 0 Å². The second-order valence-corrected chi connectivity index (χ2v) is 8.89. The summed E-state index contributed by atoms with van der Waals surface area (Å²) in [6.45, 7) is 6.97. The van der Waals surface area contributed by atoms with E-state index in [2.05, 4.69) is 25.9 Å². The molecule has 13 heteroatoms. The molecule has 1 aromatic heterocycles. The van der Waals surface area contributed by atoms with Crippen LogP contribution in [0.3, 0.4) is 0 Å². The van der Waals surface area contributed by atoms with Crippen molar-refractivity contribution < 1.29 is 29.1 Å². The Balaban J connectivity index is 3.12. The van der Waals surface area contributed by atoms with Crippen molar-refractivity contribution in [1.82, 2.24) is 25.9 Å². The Morgan fingerprint density at radius 3 is 2.11 bits per heavy atom. The smallest absolute Gasteiger partial charge is 0.326 e. The van der Waals surface area contributed by atoms with E-state index in [0.29, 0.717) is 12.1 Å². The van der Waals surface area contributed by atoms with Crippen molar-refractivity contribution in [2.45, 2.75) is 77.5 Å². The van der Waals surface area contributed by atoms with Gasteiger partial charge in [0.05, 0.1) is 12.4 Å². The number of H-pyrrole nitrogens is 1. The van der Waals surface area contributed by atoms with E-state index in [-0.39, 0.29) is 31.1 Å². The van der Waals surface area contributed by atoms with Crippen molar-refractivity contribution in [3.05, 3.63) is 18.2 Å². The van der Waals surface area contributed by atoms with E-state index in [1.54, 1.807) is 27.7 Å². The number of aliphatic carboxylic acids is 1. The van der Waals surface area contributed by atoms with Crippen LogP contribution in [0, 0.1) is 11.8 Å². The Morgan fingerprint density at radius 1 is 1.03 bits per heavy atom. The number of aromatic nitrogens is 2. The number of imidazole rings is 1. The van der Waals surface area contributed by atoms with Crippen LogP contribution >= 0.6 is 0 Å². The molecule has 35 heavy (non-hydrogen) atoms. The van der Waals surface area contributed by atoms with Crippen molar-refractivity contribution in [3.8, 4) is 0 Å². The Bertz CT molecular complexity index is 874. The van der Waals surface area contributed by atoms with E-state index < -0.39 is 53.8 Å². The third-order valence-corrected chi connectivity index (χ3v) is 5.72. The minimum absolute atomic E-state index is 0.0214. The Morgan fingerprint density at radius 2 is 1.63 bits per heavy atom. The lowest BCUT2D eigenvalue weighted by Gasteiger charge is -2.26. The molecular formula is C22H37N7O6. The molecule has 0 spiro atoms.